The number of piperidine rings is 1. The van der Waals surface area contributed by atoms with Crippen LogP contribution in [-0.4, -0.2) is 35.7 Å². The number of carbonyl (C=O) groups excluding carboxylic acids is 3. The number of hydrogen-bond acceptors (Lipinski definition) is 4. The van der Waals surface area contributed by atoms with Crippen LogP contribution in [0.4, 0.5) is 11.4 Å². The molecule has 0 spiro atoms. The SMILES string of the molecule is Cc1ccc(Cl)cc1N1C(=O)C(Cl)=C(Nc2cccc(C(=O)N3CCC(C)CC3)c2)C1=O. The number of imide groups is 1. The zero-order chi connectivity index (χ0) is 23.0. The number of nitrogens with zero attached hydrogens (tertiary/aromatic N) is 2. The van der Waals surface area contributed by atoms with E-state index in [1.165, 1.54) is 0 Å². The number of benzene rings is 2. The summed E-state index contributed by atoms with van der Waals surface area (Å²) in [6.07, 6.45) is 1.98. The first-order valence-corrected chi connectivity index (χ1v) is 11.2. The Bertz CT molecular complexity index is 1140. The summed E-state index contributed by atoms with van der Waals surface area (Å²) in [7, 11) is 0. The third kappa shape index (κ3) is 4.25. The Labute approximate surface area is 196 Å². The first-order chi connectivity index (χ1) is 15.3. The monoisotopic (exact) mass is 471 g/mol. The van der Waals surface area contributed by atoms with Gasteiger partial charge in [-0.15, -0.1) is 0 Å². The summed E-state index contributed by atoms with van der Waals surface area (Å²) in [5.41, 5.74) is 2.07. The maximum atomic E-state index is 13.1. The molecule has 0 saturated carbocycles. The standard InChI is InChI=1S/C24H23Cl2N3O3/c1-14-8-10-28(11-9-14)22(30)16-4-3-5-18(12-16)27-21-20(26)23(31)29(24(21)32)19-13-17(25)7-6-15(19)2/h3-7,12-14,27H,8-11H2,1-2H3. The fourth-order valence-corrected chi connectivity index (χ4v) is 4.30. The number of halogens is 2. The predicted molar refractivity (Wildman–Crippen MR) is 126 cm³/mol. The Balaban J connectivity index is 1.56. The Hall–Kier alpha value is -2.83. The van der Waals surface area contributed by atoms with Crippen LogP contribution >= 0.6 is 23.2 Å². The molecule has 1 fully saturated rings. The second kappa shape index (κ2) is 8.96. The molecule has 2 aliphatic heterocycles. The van der Waals surface area contributed by atoms with E-state index in [0.717, 1.165) is 30.8 Å². The van der Waals surface area contributed by atoms with E-state index in [1.807, 2.05) is 4.90 Å². The minimum Gasteiger partial charge on any atom is -0.350 e. The molecule has 2 aliphatic rings. The van der Waals surface area contributed by atoms with Gasteiger partial charge in [-0.1, -0.05) is 42.3 Å². The van der Waals surface area contributed by atoms with E-state index in [9.17, 15) is 14.4 Å². The number of hydrogen-bond donors (Lipinski definition) is 1. The number of aryl methyl sites for hydroxylation is 1. The average molecular weight is 472 g/mol. The van der Waals surface area contributed by atoms with Gasteiger partial charge in [0, 0.05) is 29.4 Å². The summed E-state index contributed by atoms with van der Waals surface area (Å²) in [5, 5.41) is 3.13. The molecule has 0 aromatic heterocycles. The molecular weight excluding hydrogens is 449 g/mol. The molecular formula is C24H23Cl2N3O3. The smallest absolute Gasteiger partial charge is 0.283 e. The highest BCUT2D eigenvalue weighted by molar-refractivity contribution is 6.53. The Kier molecular flexibility index (Phi) is 6.26. The quantitative estimate of drug-likeness (QED) is 0.639. The van der Waals surface area contributed by atoms with Gasteiger partial charge >= 0.3 is 0 Å². The van der Waals surface area contributed by atoms with Crippen LogP contribution in [0.15, 0.2) is 53.2 Å². The van der Waals surface area contributed by atoms with Crippen LogP contribution in [0.2, 0.25) is 5.02 Å². The number of likely N-dealkylation sites (tertiary alicyclic amines) is 1. The molecule has 166 valence electrons. The first kappa shape index (κ1) is 22.4. The minimum absolute atomic E-state index is 0.0348. The van der Waals surface area contributed by atoms with Crippen molar-refractivity contribution in [3.63, 3.8) is 0 Å². The molecule has 1 saturated heterocycles. The predicted octanol–water partition coefficient (Wildman–Crippen LogP) is 4.96. The van der Waals surface area contributed by atoms with Gasteiger partial charge in [-0.25, -0.2) is 4.90 Å². The molecule has 0 atom stereocenters. The van der Waals surface area contributed by atoms with Crippen LogP contribution in [0.3, 0.4) is 0 Å². The molecule has 0 unspecified atom stereocenters. The van der Waals surface area contributed by atoms with Crippen LogP contribution in [-0.2, 0) is 9.59 Å². The Morgan fingerprint density at radius 3 is 2.47 bits per heavy atom. The maximum Gasteiger partial charge on any atom is 0.283 e. The van der Waals surface area contributed by atoms with Crippen molar-refractivity contribution in [2.45, 2.75) is 26.7 Å². The van der Waals surface area contributed by atoms with Gasteiger partial charge in [0.15, 0.2) is 0 Å². The van der Waals surface area contributed by atoms with Crippen LogP contribution in [0.5, 0.6) is 0 Å². The second-order valence-electron chi connectivity index (χ2n) is 8.25. The van der Waals surface area contributed by atoms with Gasteiger partial charge in [-0.3, -0.25) is 14.4 Å². The summed E-state index contributed by atoms with van der Waals surface area (Å²) < 4.78 is 0. The van der Waals surface area contributed by atoms with Crippen molar-refractivity contribution in [1.29, 1.82) is 0 Å². The largest absolute Gasteiger partial charge is 0.350 e. The molecule has 8 heteroatoms. The van der Waals surface area contributed by atoms with E-state index < -0.39 is 11.8 Å². The lowest BCUT2D eigenvalue weighted by Crippen LogP contribution is -2.37. The highest BCUT2D eigenvalue weighted by Crippen LogP contribution is 2.33. The van der Waals surface area contributed by atoms with Crippen molar-refractivity contribution in [1.82, 2.24) is 4.90 Å². The van der Waals surface area contributed by atoms with Crippen LogP contribution < -0.4 is 10.2 Å². The topological polar surface area (TPSA) is 69.7 Å². The van der Waals surface area contributed by atoms with Crippen LogP contribution in [0, 0.1) is 12.8 Å². The van der Waals surface area contributed by atoms with Gasteiger partial charge < -0.3 is 10.2 Å². The highest BCUT2D eigenvalue weighted by Gasteiger charge is 2.39. The van der Waals surface area contributed by atoms with Crippen molar-refractivity contribution in [3.8, 4) is 0 Å². The van der Waals surface area contributed by atoms with Gasteiger partial charge in [0.05, 0.1) is 5.69 Å². The van der Waals surface area contributed by atoms with Crippen molar-refractivity contribution < 1.29 is 14.4 Å². The molecule has 32 heavy (non-hydrogen) atoms. The third-order valence-electron chi connectivity index (χ3n) is 5.89. The van der Waals surface area contributed by atoms with Crippen LogP contribution in [0.1, 0.15) is 35.7 Å². The second-order valence-corrected chi connectivity index (χ2v) is 9.06. The molecule has 3 amide bonds. The van der Waals surface area contributed by atoms with E-state index in [1.54, 1.807) is 49.4 Å². The fourth-order valence-electron chi connectivity index (χ4n) is 3.92. The summed E-state index contributed by atoms with van der Waals surface area (Å²) in [6.45, 7) is 5.44. The Morgan fingerprint density at radius 2 is 1.75 bits per heavy atom. The van der Waals surface area contributed by atoms with E-state index in [2.05, 4.69) is 12.2 Å². The number of rotatable bonds is 4. The zero-order valence-corrected chi connectivity index (χ0v) is 19.3. The lowest BCUT2D eigenvalue weighted by Gasteiger charge is -2.30. The highest BCUT2D eigenvalue weighted by atomic mass is 35.5. The fraction of sp³-hybridized carbons (Fsp3) is 0.292. The van der Waals surface area contributed by atoms with Gasteiger partial charge in [-0.05, 0) is 61.6 Å². The zero-order valence-electron chi connectivity index (χ0n) is 17.8. The van der Waals surface area contributed by atoms with E-state index in [-0.39, 0.29) is 16.6 Å². The molecule has 0 bridgehead atoms. The molecule has 2 aromatic rings. The van der Waals surface area contributed by atoms with Crippen molar-refractivity contribution >= 4 is 52.3 Å². The minimum atomic E-state index is -0.626. The van der Waals surface area contributed by atoms with Gasteiger partial charge in [0.1, 0.15) is 10.7 Å². The molecule has 4 rings (SSSR count). The molecule has 2 heterocycles. The van der Waals surface area contributed by atoms with E-state index in [0.29, 0.717) is 33.4 Å². The Morgan fingerprint density at radius 1 is 1.03 bits per heavy atom. The summed E-state index contributed by atoms with van der Waals surface area (Å²) in [6, 6.07) is 11.8. The lowest BCUT2D eigenvalue weighted by molar-refractivity contribution is -0.120. The molecule has 6 nitrogen and oxygen atoms in total. The number of carbonyl (C=O) groups is 3. The van der Waals surface area contributed by atoms with Crippen molar-refractivity contribution in [2.75, 3.05) is 23.3 Å². The maximum absolute atomic E-state index is 13.1. The number of amides is 3. The molecule has 0 aliphatic carbocycles. The molecule has 1 N–H and O–H groups in total. The van der Waals surface area contributed by atoms with E-state index in [4.69, 9.17) is 23.2 Å². The normalized spacial score (nSPS) is 17.4. The summed E-state index contributed by atoms with van der Waals surface area (Å²) in [4.78, 5) is 41.6. The summed E-state index contributed by atoms with van der Waals surface area (Å²) in [5.74, 6) is -0.630. The van der Waals surface area contributed by atoms with Gasteiger partial charge in [-0.2, -0.15) is 0 Å². The van der Waals surface area contributed by atoms with Gasteiger partial charge in [0.2, 0.25) is 0 Å². The lowest BCUT2D eigenvalue weighted by atomic mass is 9.98. The van der Waals surface area contributed by atoms with Crippen LogP contribution in [0.25, 0.3) is 0 Å². The van der Waals surface area contributed by atoms with Crippen molar-refractivity contribution in [2.24, 2.45) is 5.92 Å². The number of anilines is 2. The van der Waals surface area contributed by atoms with E-state index >= 15 is 0 Å². The molecule has 2 aromatic carbocycles. The van der Waals surface area contributed by atoms with Gasteiger partial charge in [0.25, 0.3) is 17.7 Å². The third-order valence-corrected chi connectivity index (χ3v) is 6.47. The summed E-state index contributed by atoms with van der Waals surface area (Å²) >= 11 is 12.3. The number of nitrogens with one attached hydrogen (secondary N) is 1. The molecule has 0 radical (unpaired) electrons. The van der Waals surface area contributed by atoms with Crippen molar-refractivity contribution in [3.05, 3.63) is 69.3 Å². The first-order valence-electron chi connectivity index (χ1n) is 10.5. The average Bonchev–Trinajstić information content (AvgIpc) is 2.99.